The lowest BCUT2D eigenvalue weighted by Gasteiger charge is -2.40. The summed E-state index contributed by atoms with van der Waals surface area (Å²) in [5, 5.41) is 15.7. The van der Waals surface area contributed by atoms with Gasteiger partial charge in [0.05, 0.1) is 19.3 Å². The third-order valence-corrected chi connectivity index (χ3v) is 6.01. The Morgan fingerprint density at radius 1 is 1.39 bits per heavy atom. The predicted molar refractivity (Wildman–Crippen MR) is 102 cm³/mol. The molecule has 6 nitrogen and oxygen atoms in total. The highest BCUT2D eigenvalue weighted by atomic mass is 32.1. The molecule has 1 N–H and O–H groups in total. The van der Waals surface area contributed by atoms with Gasteiger partial charge in [-0.25, -0.2) is 13.5 Å². The molecular formula is C19H23F2N3O3S. The van der Waals surface area contributed by atoms with Crippen LogP contribution in [0.4, 0.5) is 8.78 Å². The van der Waals surface area contributed by atoms with Gasteiger partial charge in [-0.3, -0.25) is 0 Å². The molecule has 2 atom stereocenters. The zero-order valence-corrected chi connectivity index (χ0v) is 16.8. The number of benzene rings is 1. The summed E-state index contributed by atoms with van der Waals surface area (Å²) in [5.41, 5.74) is -1.30. The van der Waals surface area contributed by atoms with Crippen molar-refractivity contribution in [3.8, 4) is 6.01 Å². The van der Waals surface area contributed by atoms with E-state index in [1.54, 1.807) is 0 Å². The Labute approximate surface area is 167 Å². The van der Waals surface area contributed by atoms with Crippen LogP contribution < -0.4 is 4.74 Å². The van der Waals surface area contributed by atoms with E-state index in [2.05, 4.69) is 10.1 Å². The lowest BCUT2D eigenvalue weighted by molar-refractivity contribution is -0.0916. The van der Waals surface area contributed by atoms with Crippen molar-refractivity contribution in [3.63, 3.8) is 0 Å². The van der Waals surface area contributed by atoms with Crippen molar-refractivity contribution in [2.24, 2.45) is 11.3 Å². The third-order valence-electron chi connectivity index (χ3n) is 5.76. The van der Waals surface area contributed by atoms with Gasteiger partial charge in [0.2, 0.25) is 0 Å². The first kappa shape index (κ1) is 20.6. The van der Waals surface area contributed by atoms with E-state index in [0.717, 1.165) is 12.5 Å². The van der Waals surface area contributed by atoms with Gasteiger partial charge in [0.15, 0.2) is 0 Å². The fourth-order valence-corrected chi connectivity index (χ4v) is 3.97. The summed E-state index contributed by atoms with van der Waals surface area (Å²) in [4.78, 5) is 4.01. The van der Waals surface area contributed by atoms with E-state index < -0.39 is 22.7 Å². The molecule has 1 aromatic carbocycles. The quantitative estimate of drug-likeness (QED) is 0.762. The zero-order valence-electron chi connectivity index (χ0n) is 16.0. The Kier molecular flexibility index (Phi) is 5.67. The standard InChI is InChI=1S/C19H23F2N3O3S/c1-18(2)7-6-13(8-12-4-5-14(20)9-15(12)21)19(18,25)10-24-16(22-11-23-24)27-17(28)26-3/h4-5,9,11,13,25H,6-8,10H2,1-3H3. The molecule has 0 saturated heterocycles. The van der Waals surface area contributed by atoms with Gasteiger partial charge in [0, 0.05) is 18.3 Å². The molecule has 0 aliphatic heterocycles. The summed E-state index contributed by atoms with van der Waals surface area (Å²) in [6.07, 6.45) is 3.03. The van der Waals surface area contributed by atoms with Crippen molar-refractivity contribution < 1.29 is 23.4 Å². The largest absolute Gasteiger partial charge is 0.460 e. The first-order chi connectivity index (χ1) is 13.2. The van der Waals surface area contributed by atoms with Gasteiger partial charge in [0.25, 0.3) is 0 Å². The molecule has 152 valence electrons. The number of methoxy groups -OCH3 is 1. The minimum atomic E-state index is -1.21. The van der Waals surface area contributed by atoms with Crippen LogP contribution in [-0.4, -0.2) is 37.8 Å². The van der Waals surface area contributed by atoms with Crippen LogP contribution in [0.3, 0.4) is 0 Å². The van der Waals surface area contributed by atoms with Crippen LogP contribution in [0.5, 0.6) is 6.01 Å². The number of hydrogen-bond acceptors (Lipinski definition) is 6. The Balaban J connectivity index is 1.87. The molecule has 1 aliphatic carbocycles. The summed E-state index contributed by atoms with van der Waals surface area (Å²) in [5.74, 6) is -1.49. The van der Waals surface area contributed by atoms with Crippen molar-refractivity contribution in [1.29, 1.82) is 0 Å². The van der Waals surface area contributed by atoms with Crippen LogP contribution in [0, 0.1) is 23.0 Å². The Bertz CT molecular complexity index is 874. The number of nitrogens with zero attached hydrogens (tertiary/aromatic N) is 3. The zero-order chi connectivity index (χ0) is 20.5. The molecule has 0 amide bonds. The molecule has 1 aromatic heterocycles. The topological polar surface area (TPSA) is 69.4 Å². The maximum Gasteiger partial charge on any atom is 0.360 e. The molecule has 1 aliphatic rings. The first-order valence-corrected chi connectivity index (χ1v) is 9.37. The third kappa shape index (κ3) is 3.86. The highest BCUT2D eigenvalue weighted by Crippen LogP contribution is 2.51. The van der Waals surface area contributed by atoms with Gasteiger partial charge in [0.1, 0.15) is 18.0 Å². The number of aliphatic hydroxyl groups is 1. The Morgan fingerprint density at radius 2 is 2.14 bits per heavy atom. The molecule has 0 bridgehead atoms. The smallest absolute Gasteiger partial charge is 0.360 e. The number of aromatic nitrogens is 3. The van der Waals surface area contributed by atoms with Gasteiger partial charge in [-0.2, -0.15) is 10.1 Å². The lowest BCUT2D eigenvalue weighted by atomic mass is 9.72. The van der Waals surface area contributed by atoms with E-state index in [0.29, 0.717) is 12.0 Å². The van der Waals surface area contributed by atoms with E-state index in [1.807, 2.05) is 13.8 Å². The van der Waals surface area contributed by atoms with Crippen LogP contribution in [0.15, 0.2) is 24.5 Å². The normalized spacial score (nSPS) is 23.6. The maximum atomic E-state index is 14.2. The summed E-state index contributed by atoms with van der Waals surface area (Å²) in [6.45, 7) is 4.02. The second-order valence-electron chi connectivity index (χ2n) is 7.74. The minimum Gasteiger partial charge on any atom is -0.460 e. The molecule has 2 unspecified atom stereocenters. The summed E-state index contributed by atoms with van der Waals surface area (Å²) >= 11 is 4.89. The number of rotatable bonds is 5. The molecule has 1 saturated carbocycles. The van der Waals surface area contributed by atoms with Crippen LogP contribution >= 0.6 is 12.2 Å². The Morgan fingerprint density at radius 3 is 2.82 bits per heavy atom. The second kappa shape index (κ2) is 7.71. The highest BCUT2D eigenvalue weighted by molar-refractivity contribution is 7.79. The maximum absolute atomic E-state index is 14.2. The first-order valence-electron chi connectivity index (χ1n) is 8.96. The average molecular weight is 411 g/mol. The van der Waals surface area contributed by atoms with Crippen molar-refractivity contribution in [1.82, 2.24) is 14.8 Å². The monoisotopic (exact) mass is 411 g/mol. The van der Waals surface area contributed by atoms with Crippen molar-refractivity contribution in [3.05, 3.63) is 41.7 Å². The van der Waals surface area contributed by atoms with Gasteiger partial charge in [-0.15, -0.1) is 0 Å². The van der Waals surface area contributed by atoms with Crippen LogP contribution in [0.2, 0.25) is 0 Å². The highest BCUT2D eigenvalue weighted by Gasteiger charge is 2.54. The van der Waals surface area contributed by atoms with Crippen molar-refractivity contribution in [2.45, 2.75) is 45.3 Å². The fraction of sp³-hybridized carbons (Fsp3) is 0.526. The van der Waals surface area contributed by atoms with Crippen LogP contribution in [0.1, 0.15) is 32.3 Å². The summed E-state index contributed by atoms with van der Waals surface area (Å²) < 4.78 is 39.0. The van der Waals surface area contributed by atoms with Gasteiger partial charge < -0.3 is 14.6 Å². The van der Waals surface area contributed by atoms with Gasteiger partial charge in [-0.05, 0) is 42.2 Å². The minimum absolute atomic E-state index is 0.0924. The van der Waals surface area contributed by atoms with E-state index in [9.17, 15) is 13.9 Å². The summed E-state index contributed by atoms with van der Waals surface area (Å²) in [7, 11) is 1.38. The molecule has 28 heavy (non-hydrogen) atoms. The van der Waals surface area contributed by atoms with E-state index in [1.165, 1.54) is 30.3 Å². The number of ether oxygens (including phenoxy) is 2. The van der Waals surface area contributed by atoms with Crippen molar-refractivity contribution >= 4 is 17.5 Å². The van der Waals surface area contributed by atoms with Crippen LogP contribution in [-0.2, 0) is 17.7 Å². The summed E-state index contributed by atoms with van der Waals surface area (Å²) in [6, 6.07) is 3.63. The Hall–Kier alpha value is -2.13. The molecule has 0 spiro atoms. The number of halogens is 2. The lowest BCUT2D eigenvalue weighted by Crippen LogP contribution is -2.49. The number of hydrogen-bond donors (Lipinski definition) is 1. The van der Waals surface area contributed by atoms with E-state index in [4.69, 9.17) is 21.7 Å². The average Bonchev–Trinajstić information content (AvgIpc) is 3.14. The molecule has 9 heteroatoms. The van der Waals surface area contributed by atoms with Crippen molar-refractivity contribution in [2.75, 3.05) is 7.11 Å². The molecule has 0 radical (unpaired) electrons. The molecular weight excluding hydrogens is 388 g/mol. The molecule has 1 heterocycles. The van der Waals surface area contributed by atoms with Gasteiger partial charge >= 0.3 is 11.2 Å². The molecule has 2 aromatic rings. The van der Waals surface area contributed by atoms with E-state index >= 15 is 0 Å². The predicted octanol–water partition coefficient (Wildman–Crippen LogP) is 3.28. The SMILES string of the molecule is COC(=S)Oc1ncnn1CC1(O)C(Cc2ccc(F)cc2F)CCC1(C)C. The van der Waals surface area contributed by atoms with Crippen LogP contribution in [0.25, 0.3) is 0 Å². The molecule has 1 fully saturated rings. The fourth-order valence-electron chi connectivity index (χ4n) is 3.90. The van der Waals surface area contributed by atoms with Gasteiger partial charge in [-0.1, -0.05) is 19.9 Å². The van der Waals surface area contributed by atoms with E-state index in [-0.39, 0.29) is 30.1 Å². The number of thiocarbonyl (C=S) groups is 1. The second-order valence-corrected chi connectivity index (χ2v) is 8.07. The molecule has 3 rings (SSSR count).